The van der Waals surface area contributed by atoms with Crippen molar-refractivity contribution in [1.29, 1.82) is 0 Å². The molecule has 1 aliphatic carbocycles. The third kappa shape index (κ3) is 2.12. The van der Waals surface area contributed by atoms with Crippen LogP contribution in [0.2, 0.25) is 0 Å². The summed E-state index contributed by atoms with van der Waals surface area (Å²) in [5.74, 6) is -1.95. The number of carbonyl (C=O) groups is 1. The van der Waals surface area contributed by atoms with Crippen molar-refractivity contribution in [2.24, 2.45) is 5.73 Å². The maximum atomic E-state index is 13.1. The first-order valence-corrected chi connectivity index (χ1v) is 5.44. The van der Waals surface area contributed by atoms with E-state index in [4.69, 9.17) is 5.73 Å². The lowest BCUT2D eigenvalue weighted by Gasteiger charge is -2.36. The Morgan fingerprint density at radius 3 is 2.33 bits per heavy atom. The van der Waals surface area contributed by atoms with Crippen LogP contribution < -0.4 is 5.73 Å². The van der Waals surface area contributed by atoms with Crippen molar-refractivity contribution < 1.29 is 22.4 Å². The Morgan fingerprint density at radius 1 is 1.28 bits per heavy atom. The Labute approximate surface area is 101 Å². The van der Waals surface area contributed by atoms with Gasteiger partial charge in [-0.05, 0) is 37.5 Å². The number of halogens is 4. The average molecular weight is 261 g/mol. The smallest absolute Gasteiger partial charge is 0.319 e. The second kappa shape index (κ2) is 4.05. The Hall–Kier alpha value is -1.43. The van der Waals surface area contributed by atoms with Gasteiger partial charge in [0.15, 0.2) is 5.78 Å². The second-order valence-corrected chi connectivity index (χ2v) is 4.53. The van der Waals surface area contributed by atoms with Gasteiger partial charge in [0.05, 0.1) is 11.1 Å². The molecule has 1 fully saturated rings. The van der Waals surface area contributed by atoms with E-state index >= 15 is 0 Å². The van der Waals surface area contributed by atoms with Crippen LogP contribution in [0.25, 0.3) is 0 Å². The van der Waals surface area contributed by atoms with Crippen molar-refractivity contribution >= 4 is 5.78 Å². The van der Waals surface area contributed by atoms with Crippen molar-refractivity contribution in [3.05, 3.63) is 35.1 Å². The summed E-state index contributed by atoms with van der Waals surface area (Å²) in [7, 11) is 0. The molecule has 0 heterocycles. The van der Waals surface area contributed by atoms with Gasteiger partial charge in [-0.15, -0.1) is 0 Å². The highest BCUT2D eigenvalue weighted by Gasteiger charge is 2.42. The number of carbonyl (C=O) groups excluding carboxylic acids is 1. The van der Waals surface area contributed by atoms with E-state index in [9.17, 15) is 22.4 Å². The van der Waals surface area contributed by atoms with Crippen molar-refractivity contribution in [2.45, 2.75) is 31.0 Å². The maximum absolute atomic E-state index is 13.1. The molecule has 0 amide bonds. The zero-order valence-corrected chi connectivity index (χ0v) is 9.35. The lowest BCUT2D eigenvalue weighted by atomic mass is 9.72. The van der Waals surface area contributed by atoms with E-state index in [1.807, 2.05) is 0 Å². The molecular formula is C12H11F4NO. The monoisotopic (exact) mass is 261 g/mol. The first-order chi connectivity index (χ1) is 8.24. The van der Waals surface area contributed by atoms with Crippen molar-refractivity contribution in [3.63, 3.8) is 0 Å². The fourth-order valence-corrected chi connectivity index (χ4v) is 1.96. The largest absolute Gasteiger partial charge is 0.419 e. The minimum atomic E-state index is -4.82. The third-order valence-electron chi connectivity index (χ3n) is 3.23. The van der Waals surface area contributed by atoms with Gasteiger partial charge in [-0.25, -0.2) is 4.39 Å². The number of hydrogen-bond donors (Lipinski definition) is 1. The molecule has 1 aromatic carbocycles. The number of hydrogen-bond acceptors (Lipinski definition) is 2. The molecule has 0 unspecified atom stereocenters. The second-order valence-electron chi connectivity index (χ2n) is 4.53. The van der Waals surface area contributed by atoms with Crippen LogP contribution >= 0.6 is 0 Å². The number of benzene rings is 1. The summed E-state index contributed by atoms with van der Waals surface area (Å²) in [4.78, 5) is 11.9. The summed E-state index contributed by atoms with van der Waals surface area (Å²) in [6.45, 7) is 0. The molecular weight excluding hydrogens is 250 g/mol. The van der Waals surface area contributed by atoms with Crippen LogP contribution in [-0.4, -0.2) is 11.3 Å². The quantitative estimate of drug-likeness (QED) is 0.657. The summed E-state index contributed by atoms with van der Waals surface area (Å²) in [6, 6.07) is 2.22. The highest BCUT2D eigenvalue weighted by atomic mass is 19.4. The van der Waals surface area contributed by atoms with Crippen LogP contribution in [0.15, 0.2) is 18.2 Å². The van der Waals surface area contributed by atoms with Crippen molar-refractivity contribution in [3.8, 4) is 0 Å². The molecule has 0 aliphatic heterocycles. The average Bonchev–Trinajstić information content (AvgIpc) is 2.24. The van der Waals surface area contributed by atoms with Gasteiger partial charge in [0.25, 0.3) is 0 Å². The van der Waals surface area contributed by atoms with Gasteiger partial charge in [-0.1, -0.05) is 0 Å². The molecule has 0 saturated heterocycles. The first-order valence-electron chi connectivity index (χ1n) is 5.44. The van der Waals surface area contributed by atoms with Crippen LogP contribution in [0.4, 0.5) is 17.6 Å². The molecule has 0 atom stereocenters. The summed E-state index contributed by atoms with van der Waals surface area (Å²) in [5, 5.41) is 0. The summed E-state index contributed by atoms with van der Waals surface area (Å²) < 4.78 is 50.6. The van der Waals surface area contributed by atoms with Gasteiger partial charge < -0.3 is 5.73 Å². The van der Waals surface area contributed by atoms with Crippen molar-refractivity contribution in [1.82, 2.24) is 0 Å². The molecule has 0 radical (unpaired) electrons. The fraction of sp³-hybridized carbons (Fsp3) is 0.417. The number of rotatable bonds is 2. The molecule has 0 aromatic heterocycles. The van der Waals surface area contributed by atoms with Crippen LogP contribution in [0, 0.1) is 5.82 Å². The molecule has 1 aromatic rings. The zero-order valence-electron chi connectivity index (χ0n) is 9.35. The minimum absolute atomic E-state index is 0.189. The molecule has 18 heavy (non-hydrogen) atoms. The van der Waals surface area contributed by atoms with Crippen LogP contribution in [0.3, 0.4) is 0 Å². The van der Waals surface area contributed by atoms with E-state index in [2.05, 4.69) is 0 Å². The molecule has 2 N–H and O–H groups in total. The van der Waals surface area contributed by atoms with E-state index in [-0.39, 0.29) is 5.56 Å². The molecule has 1 aliphatic rings. The van der Waals surface area contributed by atoms with Crippen LogP contribution in [0.5, 0.6) is 0 Å². The fourth-order valence-electron chi connectivity index (χ4n) is 1.96. The standard InChI is InChI=1S/C12H11F4NO/c13-9-3-2-7(6-8(9)12(14,15)16)10(18)11(17)4-1-5-11/h2-3,6H,1,4-5,17H2. The normalized spacial score (nSPS) is 18.3. The Bertz CT molecular complexity index is 491. The Balaban J connectivity index is 2.38. The van der Waals surface area contributed by atoms with E-state index in [1.165, 1.54) is 0 Å². The van der Waals surface area contributed by atoms with E-state index in [0.29, 0.717) is 25.0 Å². The Kier molecular flexibility index (Phi) is 2.93. The third-order valence-corrected chi connectivity index (χ3v) is 3.23. The van der Waals surface area contributed by atoms with Gasteiger partial charge in [-0.2, -0.15) is 13.2 Å². The van der Waals surface area contributed by atoms with Crippen LogP contribution in [-0.2, 0) is 6.18 Å². The first kappa shape index (κ1) is 13.0. The van der Waals surface area contributed by atoms with Gasteiger partial charge in [0.1, 0.15) is 5.82 Å². The van der Waals surface area contributed by atoms with Gasteiger partial charge in [0, 0.05) is 5.56 Å². The summed E-state index contributed by atoms with van der Waals surface area (Å²) in [5.41, 5.74) is 3.05. The molecule has 6 heteroatoms. The summed E-state index contributed by atoms with van der Waals surface area (Å²) in [6.07, 6.45) is -3.15. The minimum Gasteiger partial charge on any atom is -0.319 e. The number of Topliss-reactive ketones (excluding diaryl/α,β-unsaturated/α-hetero) is 1. The Morgan fingerprint density at radius 2 is 1.89 bits per heavy atom. The zero-order chi connectivity index (χ0) is 13.6. The molecule has 0 bridgehead atoms. The highest BCUT2D eigenvalue weighted by Crippen LogP contribution is 2.35. The van der Waals surface area contributed by atoms with E-state index < -0.39 is 28.9 Å². The highest BCUT2D eigenvalue weighted by molar-refractivity contribution is 6.03. The topological polar surface area (TPSA) is 43.1 Å². The van der Waals surface area contributed by atoms with E-state index in [1.54, 1.807) is 0 Å². The number of ketones is 1. The lowest BCUT2D eigenvalue weighted by molar-refractivity contribution is -0.140. The van der Waals surface area contributed by atoms with E-state index in [0.717, 1.165) is 12.5 Å². The predicted octanol–water partition coefficient (Wildman–Crippen LogP) is 2.91. The predicted molar refractivity (Wildman–Crippen MR) is 56.5 cm³/mol. The molecule has 2 rings (SSSR count). The van der Waals surface area contributed by atoms with Gasteiger partial charge in [0.2, 0.25) is 0 Å². The van der Waals surface area contributed by atoms with Crippen molar-refractivity contribution in [2.75, 3.05) is 0 Å². The van der Waals surface area contributed by atoms with Gasteiger partial charge >= 0.3 is 6.18 Å². The molecule has 1 saturated carbocycles. The number of alkyl halides is 3. The summed E-state index contributed by atoms with van der Waals surface area (Å²) >= 11 is 0. The number of nitrogens with two attached hydrogens (primary N) is 1. The lowest BCUT2D eigenvalue weighted by Crippen LogP contribution is -2.53. The van der Waals surface area contributed by atoms with Gasteiger partial charge in [-0.3, -0.25) is 4.79 Å². The molecule has 0 spiro atoms. The van der Waals surface area contributed by atoms with Crippen LogP contribution in [0.1, 0.15) is 35.2 Å². The molecule has 98 valence electrons. The SMILES string of the molecule is NC1(C(=O)c2ccc(F)c(C(F)(F)F)c2)CCC1. The maximum Gasteiger partial charge on any atom is 0.419 e. The molecule has 2 nitrogen and oxygen atoms in total.